The number of aliphatic carboxylic acids is 2. The third-order valence-corrected chi connectivity index (χ3v) is 6.02. The molecule has 4 atom stereocenters. The van der Waals surface area contributed by atoms with Crippen LogP contribution in [0.1, 0.15) is 31.7 Å². The topological polar surface area (TPSA) is 195 Å². The molecule has 0 spiro atoms. The van der Waals surface area contributed by atoms with E-state index < -0.39 is 60.2 Å². The van der Waals surface area contributed by atoms with Crippen LogP contribution in [0.25, 0.3) is 10.9 Å². The number of carboxylic acid groups (broad SMARTS) is 2. The predicted molar refractivity (Wildman–Crippen MR) is 124 cm³/mol. The van der Waals surface area contributed by atoms with Crippen LogP contribution in [0.15, 0.2) is 30.5 Å². The lowest BCUT2D eigenvalue weighted by Gasteiger charge is -2.28. The molecule has 1 fully saturated rings. The lowest BCUT2D eigenvalue weighted by atomic mass is 10.0. The fraction of sp³-hybridized carbons (Fsp3) is 0.435. The van der Waals surface area contributed by atoms with E-state index in [-0.39, 0.29) is 13.0 Å². The van der Waals surface area contributed by atoms with Crippen LogP contribution in [-0.4, -0.2) is 80.5 Å². The van der Waals surface area contributed by atoms with E-state index >= 15 is 0 Å². The van der Waals surface area contributed by atoms with E-state index in [1.54, 1.807) is 6.20 Å². The van der Waals surface area contributed by atoms with Crippen molar-refractivity contribution in [1.29, 1.82) is 0 Å². The number of rotatable bonds is 10. The molecule has 12 heteroatoms. The number of likely N-dealkylation sites (tertiary alicyclic amines) is 1. The first-order valence-electron chi connectivity index (χ1n) is 11.2. The number of carbonyl (C=O) groups excluding carboxylic acids is 3. The van der Waals surface area contributed by atoms with E-state index in [9.17, 15) is 29.1 Å². The van der Waals surface area contributed by atoms with Gasteiger partial charge >= 0.3 is 11.9 Å². The first-order valence-corrected chi connectivity index (χ1v) is 11.2. The van der Waals surface area contributed by atoms with Gasteiger partial charge in [-0.25, -0.2) is 4.79 Å². The molecule has 1 aromatic heterocycles. The van der Waals surface area contributed by atoms with Gasteiger partial charge in [-0.3, -0.25) is 19.2 Å². The highest BCUT2D eigenvalue weighted by Crippen LogP contribution is 2.22. The SMILES string of the molecule is CC(NC(=O)C(N)CC(=O)O)C(=O)NC(Cc1c[nH]c2ccccc12)C(=O)N1CCCC1C(=O)O. The molecule has 1 aliphatic rings. The monoisotopic (exact) mass is 487 g/mol. The summed E-state index contributed by atoms with van der Waals surface area (Å²) in [6, 6.07) is 2.91. The zero-order chi connectivity index (χ0) is 25.7. The second-order valence-corrected chi connectivity index (χ2v) is 8.59. The van der Waals surface area contributed by atoms with Crippen molar-refractivity contribution in [2.45, 2.75) is 56.8 Å². The quantitative estimate of drug-likeness (QED) is 0.260. The van der Waals surface area contributed by atoms with Crippen LogP contribution in [0.3, 0.4) is 0 Å². The van der Waals surface area contributed by atoms with Crippen molar-refractivity contribution in [3.63, 3.8) is 0 Å². The van der Waals surface area contributed by atoms with Crippen molar-refractivity contribution in [2.75, 3.05) is 6.54 Å². The zero-order valence-corrected chi connectivity index (χ0v) is 19.2. The van der Waals surface area contributed by atoms with Crippen LogP contribution in [-0.2, 0) is 30.4 Å². The Bertz CT molecular complexity index is 1130. The van der Waals surface area contributed by atoms with Crippen LogP contribution < -0.4 is 16.4 Å². The third-order valence-electron chi connectivity index (χ3n) is 6.02. The lowest BCUT2D eigenvalue weighted by Crippen LogP contribution is -2.57. The molecule has 35 heavy (non-hydrogen) atoms. The summed E-state index contributed by atoms with van der Waals surface area (Å²) in [5.41, 5.74) is 7.14. The van der Waals surface area contributed by atoms with Gasteiger partial charge in [0.25, 0.3) is 0 Å². The number of aromatic amines is 1. The average molecular weight is 488 g/mol. The highest BCUT2D eigenvalue weighted by molar-refractivity contribution is 5.95. The molecule has 2 heterocycles. The minimum absolute atomic E-state index is 0.0939. The van der Waals surface area contributed by atoms with Gasteiger partial charge in [0.1, 0.15) is 18.1 Å². The molecule has 7 N–H and O–H groups in total. The highest BCUT2D eigenvalue weighted by Gasteiger charge is 2.38. The van der Waals surface area contributed by atoms with Crippen LogP contribution >= 0.6 is 0 Å². The number of hydrogen-bond acceptors (Lipinski definition) is 6. The number of carboxylic acids is 2. The summed E-state index contributed by atoms with van der Waals surface area (Å²) in [5.74, 6) is -4.41. The maximum absolute atomic E-state index is 13.4. The summed E-state index contributed by atoms with van der Waals surface area (Å²) in [6.07, 6.45) is 2.07. The lowest BCUT2D eigenvalue weighted by molar-refractivity contribution is -0.149. The van der Waals surface area contributed by atoms with E-state index in [4.69, 9.17) is 10.8 Å². The maximum Gasteiger partial charge on any atom is 0.326 e. The number of para-hydroxylation sites is 1. The number of nitrogens with one attached hydrogen (secondary N) is 3. The van der Waals surface area contributed by atoms with Gasteiger partial charge in [-0.15, -0.1) is 0 Å². The minimum atomic E-state index is -1.34. The summed E-state index contributed by atoms with van der Waals surface area (Å²) in [6.45, 7) is 1.64. The van der Waals surface area contributed by atoms with Gasteiger partial charge in [0.15, 0.2) is 0 Å². The van der Waals surface area contributed by atoms with Crippen molar-refractivity contribution in [3.8, 4) is 0 Å². The molecule has 1 saturated heterocycles. The molecular formula is C23H29N5O7. The van der Waals surface area contributed by atoms with E-state index in [0.717, 1.165) is 16.5 Å². The molecule has 0 saturated carbocycles. The summed E-state index contributed by atoms with van der Waals surface area (Å²) in [5, 5.41) is 24.1. The van der Waals surface area contributed by atoms with Crippen molar-refractivity contribution >= 4 is 40.6 Å². The Kier molecular flexibility index (Phi) is 8.07. The number of amides is 3. The second-order valence-electron chi connectivity index (χ2n) is 8.59. The largest absolute Gasteiger partial charge is 0.481 e. The molecule has 188 valence electrons. The number of hydrogen-bond donors (Lipinski definition) is 6. The number of carbonyl (C=O) groups is 5. The zero-order valence-electron chi connectivity index (χ0n) is 19.2. The summed E-state index contributed by atoms with van der Waals surface area (Å²) in [4.78, 5) is 65.2. The normalized spacial score (nSPS) is 18.0. The molecule has 0 radical (unpaired) electrons. The second kappa shape index (κ2) is 11.0. The number of H-pyrrole nitrogens is 1. The van der Waals surface area contributed by atoms with E-state index in [1.807, 2.05) is 24.3 Å². The average Bonchev–Trinajstić information content (AvgIpc) is 3.45. The standard InChI is InChI=1S/C23H29N5O7/c1-12(26-21(32)15(24)10-19(29)30)20(31)27-17(22(33)28-8-4-7-18(28)23(34)35)9-13-11-25-16-6-3-2-5-14(13)16/h2-3,5-6,11-12,15,17-18,25H,4,7-10,24H2,1H3,(H,26,32)(H,27,31)(H,29,30)(H,34,35). The third kappa shape index (κ3) is 6.15. The minimum Gasteiger partial charge on any atom is -0.481 e. The van der Waals surface area contributed by atoms with Crippen molar-refractivity contribution < 1.29 is 34.2 Å². The van der Waals surface area contributed by atoms with Crippen LogP contribution in [0.2, 0.25) is 0 Å². The molecule has 0 aliphatic carbocycles. The Hall–Kier alpha value is -3.93. The van der Waals surface area contributed by atoms with Gasteiger partial charge in [-0.1, -0.05) is 18.2 Å². The number of benzene rings is 1. The molecule has 12 nitrogen and oxygen atoms in total. The van der Waals surface area contributed by atoms with Crippen molar-refractivity contribution in [1.82, 2.24) is 20.5 Å². The fourth-order valence-corrected chi connectivity index (χ4v) is 4.17. The van der Waals surface area contributed by atoms with E-state index in [1.165, 1.54) is 11.8 Å². The van der Waals surface area contributed by atoms with Crippen molar-refractivity contribution in [2.24, 2.45) is 5.73 Å². The molecule has 0 bridgehead atoms. The van der Waals surface area contributed by atoms with E-state index in [0.29, 0.717) is 12.8 Å². The molecule has 2 aromatic rings. The smallest absolute Gasteiger partial charge is 0.326 e. The van der Waals surface area contributed by atoms with Crippen LogP contribution in [0, 0.1) is 0 Å². The molecule has 4 unspecified atom stereocenters. The van der Waals surface area contributed by atoms with Gasteiger partial charge in [0.05, 0.1) is 12.5 Å². The summed E-state index contributed by atoms with van der Waals surface area (Å²) >= 11 is 0. The first-order chi connectivity index (χ1) is 16.6. The Morgan fingerprint density at radius 2 is 1.86 bits per heavy atom. The number of fused-ring (bicyclic) bond motifs is 1. The predicted octanol–water partition coefficient (Wildman–Crippen LogP) is -0.422. The highest BCUT2D eigenvalue weighted by atomic mass is 16.4. The van der Waals surface area contributed by atoms with Gasteiger partial charge in [0, 0.05) is 30.1 Å². The Labute approximate surface area is 200 Å². The molecule has 1 aliphatic heterocycles. The van der Waals surface area contributed by atoms with Gasteiger partial charge in [0.2, 0.25) is 17.7 Å². The number of aromatic nitrogens is 1. The van der Waals surface area contributed by atoms with Gasteiger partial charge < -0.3 is 36.5 Å². The Morgan fingerprint density at radius 3 is 2.54 bits per heavy atom. The van der Waals surface area contributed by atoms with Gasteiger partial charge in [-0.2, -0.15) is 0 Å². The molecule has 3 amide bonds. The summed E-state index contributed by atoms with van der Waals surface area (Å²) < 4.78 is 0. The van der Waals surface area contributed by atoms with Crippen LogP contribution in [0.4, 0.5) is 0 Å². The maximum atomic E-state index is 13.4. The number of nitrogens with two attached hydrogens (primary N) is 1. The van der Waals surface area contributed by atoms with E-state index in [2.05, 4.69) is 15.6 Å². The Morgan fingerprint density at radius 1 is 1.14 bits per heavy atom. The Balaban J connectivity index is 1.79. The summed E-state index contributed by atoms with van der Waals surface area (Å²) in [7, 11) is 0. The number of nitrogens with zero attached hydrogens (tertiary/aromatic N) is 1. The van der Waals surface area contributed by atoms with Crippen LogP contribution in [0.5, 0.6) is 0 Å². The molecular weight excluding hydrogens is 458 g/mol. The molecule has 3 rings (SSSR count). The first kappa shape index (κ1) is 25.7. The van der Waals surface area contributed by atoms with Gasteiger partial charge in [-0.05, 0) is 31.4 Å². The van der Waals surface area contributed by atoms with Crippen molar-refractivity contribution in [3.05, 3.63) is 36.0 Å². The molecule has 1 aromatic carbocycles. The fourth-order valence-electron chi connectivity index (χ4n) is 4.17.